The van der Waals surface area contributed by atoms with Gasteiger partial charge in [-0.25, -0.2) is 0 Å². The molecule has 3 atom stereocenters. The topological polar surface area (TPSA) is 139 Å². The average molecular weight is 555 g/mol. The Balaban J connectivity index is 1.78. The van der Waals surface area contributed by atoms with E-state index in [0.29, 0.717) is 36.0 Å². The monoisotopic (exact) mass is 554 g/mol. The first-order valence-corrected chi connectivity index (χ1v) is 12.7. The van der Waals surface area contributed by atoms with Crippen LogP contribution in [0.2, 0.25) is 0 Å². The van der Waals surface area contributed by atoms with Crippen LogP contribution in [0, 0.1) is 11.8 Å². The smallest absolute Gasteiger partial charge is 0.496 e. The molecular formula is C26H33F3N4O6. The van der Waals surface area contributed by atoms with E-state index in [9.17, 15) is 32.3 Å². The average Bonchev–Trinajstić information content (AvgIpc) is 3.31. The fraction of sp³-hybridized carbons (Fsp3) is 0.538. The second-order valence-corrected chi connectivity index (χ2v) is 9.89. The lowest BCUT2D eigenvalue weighted by Gasteiger charge is -2.28. The van der Waals surface area contributed by atoms with E-state index in [4.69, 9.17) is 4.74 Å². The number of carbonyl (C=O) groups excluding carboxylic acids is 4. The Bertz CT molecular complexity index is 1200. The van der Waals surface area contributed by atoms with E-state index in [-0.39, 0.29) is 30.4 Å². The summed E-state index contributed by atoms with van der Waals surface area (Å²) in [7, 11) is 1.50. The summed E-state index contributed by atoms with van der Waals surface area (Å²) in [5, 5.41) is 8.44. The number of ketones is 1. The van der Waals surface area contributed by atoms with E-state index in [1.807, 2.05) is 13.8 Å². The van der Waals surface area contributed by atoms with E-state index < -0.39 is 48.6 Å². The van der Waals surface area contributed by atoms with Gasteiger partial charge in [0.25, 0.3) is 5.91 Å². The summed E-state index contributed by atoms with van der Waals surface area (Å²) in [6.07, 6.45) is -4.00. The first-order chi connectivity index (χ1) is 18.4. The highest BCUT2D eigenvalue weighted by molar-refractivity contribution is 6.02. The van der Waals surface area contributed by atoms with Crippen LogP contribution in [0.3, 0.4) is 0 Å². The number of hydrogen-bond donors (Lipinski definition) is 4. The van der Waals surface area contributed by atoms with Crippen LogP contribution in [0.1, 0.15) is 50.0 Å². The Morgan fingerprint density at radius 1 is 1.15 bits per heavy atom. The van der Waals surface area contributed by atoms with Gasteiger partial charge in [0.1, 0.15) is 24.1 Å². The minimum atomic E-state index is -5.04. The lowest BCUT2D eigenvalue weighted by Crippen LogP contribution is -2.54. The Morgan fingerprint density at radius 3 is 2.54 bits per heavy atom. The summed E-state index contributed by atoms with van der Waals surface area (Å²) < 4.78 is 46.7. The lowest BCUT2D eigenvalue weighted by atomic mass is 9.90. The Kier molecular flexibility index (Phi) is 9.95. The zero-order valence-electron chi connectivity index (χ0n) is 21.9. The summed E-state index contributed by atoms with van der Waals surface area (Å²) in [6.45, 7) is 2.79. The van der Waals surface area contributed by atoms with Gasteiger partial charge in [0, 0.05) is 23.4 Å². The number of amides is 3. The number of fused-ring (bicyclic) bond motifs is 1. The highest BCUT2D eigenvalue weighted by Crippen LogP contribution is 2.26. The van der Waals surface area contributed by atoms with Crippen LogP contribution in [-0.4, -0.2) is 67.2 Å². The second kappa shape index (κ2) is 13.0. The van der Waals surface area contributed by atoms with Gasteiger partial charge < -0.3 is 25.7 Å². The summed E-state index contributed by atoms with van der Waals surface area (Å²) >= 11 is 0. The molecule has 1 aromatic heterocycles. The van der Waals surface area contributed by atoms with Gasteiger partial charge in [-0.3, -0.25) is 23.9 Å². The predicted octanol–water partition coefficient (Wildman–Crippen LogP) is 2.83. The van der Waals surface area contributed by atoms with Gasteiger partial charge in [-0.2, -0.15) is 0 Å². The van der Waals surface area contributed by atoms with Crippen molar-refractivity contribution in [2.24, 2.45) is 11.8 Å². The highest BCUT2D eigenvalue weighted by Gasteiger charge is 2.35. The minimum absolute atomic E-state index is 0.0595. The Morgan fingerprint density at radius 2 is 1.90 bits per heavy atom. The summed E-state index contributed by atoms with van der Waals surface area (Å²) in [5.74, 6) is -2.90. The van der Waals surface area contributed by atoms with Crippen molar-refractivity contribution in [2.45, 2.75) is 58.0 Å². The van der Waals surface area contributed by atoms with Crippen molar-refractivity contribution in [3.8, 4) is 5.75 Å². The molecule has 3 rings (SSSR count). The Hall–Kier alpha value is -3.61. The molecule has 4 N–H and O–H groups in total. The van der Waals surface area contributed by atoms with E-state index in [1.165, 1.54) is 7.11 Å². The maximum Gasteiger partial charge on any atom is 0.522 e. The number of methoxy groups -OCH3 is 1. The van der Waals surface area contributed by atoms with Crippen molar-refractivity contribution in [3.63, 3.8) is 0 Å². The van der Waals surface area contributed by atoms with Crippen molar-refractivity contribution in [3.05, 3.63) is 30.0 Å². The number of halogens is 3. The van der Waals surface area contributed by atoms with Crippen molar-refractivity contribution in [1.29, 1.82) is 0 Å². The van der Waals surface area contributed by atoms with Gasteiger partial charge in [0.2, 0.25) is 11.8 Å². The molecule has 39 heavy (non-hydrogen) atoms. The molecule has 1 aliphatic rings. The van der Waals surface area contributed by atoms with Crippen molar-refractivity contribution >= 4 is 34.4 Å². The largest absolute Gasteiger partial charge is 0.522 e. The third kappa shape index (κ3) is 8.44. The minimum Gasteiger partial charge on any atom is -0.496 e. The predicted molar refractivity (Wildman–Crippen MR) is 135 cm³/mol. The van der Waals surface area contributed by atoms with Gasteiger partial charge >= 0.3 is 6.36 Å². The van der Waals surface area contributed by atoms with Gasteiger partial charge in [-0.1, -0.05) is 19.9 Å². The number of carbonyl (C=O) groups is 4. The molecule has 10 nitrogen and oxygen atoms in total. The van der Waals surface area contributed by atoms with Crippen molar-refractivity contribution < 1.29 is 41.8 Å². The number of Topliss-reactive ketones (excluding diaryl/α,β-unsaturated/α-hetero) is 1. The van der Waals surface area contributed by atoms with Crippen molar-refractivity contribution in [2.75, 3.05) is 20.3 Å². The highest BCUT2D eigenvalue weighted by atomic mass is 19.4. The van der Waals surface area contributed by atoms with Crippen LogP contribution < -0.4 is 20.7 Å². The maximum absolute atomic E-state index is 13.3. The number of ether oxygens (including phenoxy) is 2. The zero-order valence-corrected chi connectivity index (χ0v) is 21.9. The number of H-pyrrole nitrogens is 1. The molecule has 0 aliphatic carbocycles. The maximum atomic E-state index is 13.3. The number of rotatable bonds is 12. The number of aromatic amines is 1. The molecule has 1 aromatic carbocycles. The van der Waals surface area contributed by atoms with E-state index in [2.05, 4.69) is 25.7 Å². The first-order valence-electron chi connectivity index (χ1n) is 12.7. The summed E-state index contributed by atoms with van der Waals surface area (Å²) in [6, 6.07) is 4.30. The number of hydrogen-bond acceptors (Lipinski definition) is 6. The fourth-order valence-electron chi connectivity index (χ4n) is 4.51. The molecule has 1 saturated heterocycles. The molecule has 0 bridgehead atoms. The molecule has 2 heterocycles. The molecule has 214 valence electrons. The third-order valence-electron chi connectivity index (χ3n) is 6.42. The quantitative estimate of drug-likeness (QED) is 0.318. The standard InChI is InChI=1S/C26H33F3N4O6/c1-14(2)10-19(33-25(37)20-12-16-17(31-20)7-4-8-22(16)38-3)24(36)32-18(21(34)13-39-26(27,28)29)11-15-6-5-9-30-23(15)35/h4,7-8,12,14-15,18-19,31H,5-6,9-11,13H2,1-3H3,(H,30,35)(H,32,36)(H,33,37)/t15-,18-,19-/m0/s1. The number of alkyl halides is 3. The van der Waals surface area contributed by atoms with Gasteiger partial charge in [0.05, 0.1) is 13.2 Å². The van der Waals surface area contributed by atoms with Crippen LogP contribution in [-0.2, 0) is 19.1 Å². The van der Waals surface area contributed by atoms with E-state index in [1.54, 1.807) is 24.3 Å². The number of benzene rings is 1. The van der Waals surface area contributed by atoms with Crippen LogP contribution in [0.4, 0.5) is 13.2 Å². The van der Waals surface area contributed by atoms with Gasteiger partial charge in [-0.15, -0.1) is 13.2 Å². The van der Waals surface area contributed by atoms with Gasteiger partial charge in [0.15, 0.2) is 5.78 Å². The second-order valence-electron chi connectivity index (χ2n) is 9.89. The molecule has 0 saturated carbocycles. The fourth-order valence-corrected chi connectivity index (χ4v) is 4.51. The molecule has 1 aliphatic heterocycles. The summed E-state index contributed by atoms with van der Waals surface area (Å²) in [5.41, 5.74) is 0.812. The SMILES string of the molecule is COc1cccc2[nH]c(C(=O)N[C@@H](CC(C)C)C(=O)N[C@@H](C[C@@H]3CCCNC3=O)C(=O)COC(F)(F)F)cc12. The molecule has 0 radical (unpaired) electrons. The lowest BCUT2D eigenvalue weighted by molar-refractivity contribution is -0.321. The van der Waals surface area contributed by atoms with E-state index in [0.717, 1.165) is 0 Å². The molecule has 13 heteroatoms. The van der Waals surface area contributed by atoms with Gasteiger partial charge in [-0.05, 0) is 49.8 Å². The molecule has 1 fully saturated rings. The number of aromatic nitrogens is 1. The van der Waals surface area contributed by atoms with E-state index >= 15 is 0 Å². The van der Waals surface area contributed by atoms with Crippen LogP contribution in [0.25, 0.3) is 10.9 Å². The number of nitrogens with one attached hydrogen (secondary N) is 4. The number of piperidine rings is 1. The first kappa shape index (κ1) is 29.9. The molecule has 2 aromatic rings. The summed E-state index contributed by atoms with van der Waals surface area (Å²) in [4.78, 5) is 54.3. The molecular weight excluding hydrogens is 521 g/mol. The van der Waals surface area contributed by atoms with Crippen molar-refractivity contribution in [1.82, 2.24) is 20.9 Å². The zero-order chi connectivity index (χ0) is 28.7. The normalized spacial score (nSPS) is 17.4. The molecule has 0 unspecified atom stereocenters. The molecule has 0 spiro atoms. The Labute approximate surface area is 223 Å². The van der Waals surface area contributed by atoms with Crippen LogP contribution in [0.5, 0.6) is 5.75 Å². The third-order valence-corrected chi connectivity index (χ3v) is 6.42. The van der Waals surface area contributed by atoms with Crippen LogP contribution in [0.15, 0.2) is 24.3 Å². The van der Waals surface area contributed by atoms with Crippen LogP contribution >= 0.6 is 0 Å². The molecule has 3 amide bonds.